The molecule has 0 amide bonds. The van der Waals surface area contributed by atoms with Crippen LogP contribution in [0.1, 0.15) is 59.2 Å². The highest BCUT2D eigenvalue weighted by atomic mass is 35.5. The second-order valence-corrected chi connectivity index (χ2v) is 8.56. The summed E-state index contributed by atoms with van der Waals surface area (Å²) in [6, 6.07) is 4.56. The topological polar surface area (TPSA) is 81.2 Å². The molecule has 2 aromatic heterocycles. The summed E-state index contributed by atoms with van der Waals surface area (Å²) in [4.78, 5) is 31.8. The Bertz CT molecular complexity index is 1210. The molecule has 9 heteroatoms. The summed E-state index contributed by atoms with van der Waals surface area (Å²) in [5.74, 6) is 0.241. The summed E-state index contributed by atoms with van der Waals surface area (Å²) in [5, 5.41) is 5.10. The molecular weight excluding hydrogens is 435 g/mol. The summed E-state index contributed by atoms with van der Waals surface area (Å²) < 4.78 is 20.3. The molecule has 0 unspecified atom stereocenters. The van der Waals surface area contributed by atoms with Gasteiger partial charge in [0, 0.05) is 48.1 Å². The number of carbonyl (C=O) groups excluding carboxylic acids is 1. The fourth-order valence-corrected chi connectivity index (χ4v) is 4.84. The van der Waals surface area contributed by atoms with Gasteiger partial charge >= 0.3 is 0 Å². The van der Waals surface area contributed by atoms with E-state index in [2.05, 4.69) is 15.0 Å². The number of halogens is 2. The van der Waals surface area contributed by atoms with Gasteiger partial charge in [-0.1, -0.05) is 5.16 Å². The highest BCUT2D eigenvalue weighted by Crippen LogP contribution is 2.32. The van der Waals surface area contributed by atoms with Crippen molar-refractivity contribution >= 4 is 29.2 Å². The molecule has 2 aliphatic heterocycles. The van der Waals surface area contributed by atoms with Crippen molar-refractivity contribution in [3.05, 3.63) is 57.1 Å². The normalized spacial score (nSPS) is 17.4. The van der Waals surface area contributed by atoms with Crippen LogP contribution >= 0.6 is 12.4 Å². The summed E-state index contributed by atoms with van der Waals surface area (Å²) in [7, 11) is 0. The molecule has 0 saturated carbocycles. The average molecular weight is 461 g/mol. The van der Waals surface area contributed by atoms with Crippen LogP contribution in [-0.2, 0) is 13.0 Å². The molecule has 1 aromatic carbocycles. The lowest BCUT2D eigenvalue weighted by Gasteiger charge is -2.31. The van der Waals surface area contributed by atoms with Crippen LogP contribution in [-0.4, -0.2) is 45.0 Å². The molecule has 32 heavy (non-hydrogen) atoms. The molecule has 2 aliphatic rings. The Morgan fingerprint density at radius 1 is 1.19 bits per heavy atom. The molecule has 1 fully saturated rings. The third-order valence-corrected chi connectivity index (χ3v) is 6.62. The minimum Gasteiger partial charge on any atom is -0.356 e. The van der Waals surface area contributed by atoms with Gasteiger partial charge in [0.1, 0.15) is 5.82 Å². The Hall–Kier alpha value is -2.58. The number of aryl methyl sites for hydroxylation is 1. The lowest BCUT2D eigenvalue weighted by atomic mass is 9.91. The monoisotopic (exact) mass is 460 g/mol. The number of fused-ring (bicyclic) bond motifs is 2. The molecule has 170 valence electrons. The average Bonchev–Trinajstić information content (AvgIpc) is 3.18. The third kappa shape index (κ3) is 4.09. The summed E-state index contributed by atoms with van der Waals surface area (Å²) >= 11 is 0. The van der Waals surface area contributed by atoms with E-state index in [1.165, 1.54) is 12.1 Å². The molecular formula is C23H26ClFN4O3. The molecule has 5 rings (SSSR count). The van der Waals surface area contributed by atoms with Crippen molar-refractivity contribution in [3.63, 3.8) is 0 Å². The van der Waals surface area contributed by atoms with Crippen LogP contribution in [0.25, 0.3) is 11.0 Å². The van der Waals surface area contributed by atoms with E-state index < -0.39 is 0 Å². The highest BCUT2D eigenvalue weighted by Gasteiger charge is 2.26. The lowest BCUT2D eigenvalue weighted by molar-refractivity contribution is 0.0945. The number of hydrogen-bond donors (Lipinski definition) is 0. The van der Waals surface area contributed by atoms with Crippen LogP contribution < -0.4 is 5.56 Å². The fourth-order valence-electron chi connectivity index (χ4n) is 4.84. The number of aromatic nitrogens is 3. The number of piperidine rings is 1. The van der Waals surface area contributed by atoms with Gasteiger partial charge in [-0.25, -0.2) is 9.37 Å². The number of benzene rings is 1. The summed E-state index contributed by atoms with van der Waals surface area (Å²) in [5.41, 5.74) is 2.72. The Balaban J connectivity index is 0.00000245. The Morgan fingerprint density at radius 3 is 2.75 bits per heavy atom. The molecule has 7 nitrogen and oxygen atoms in total. The minimum atomic E-state index is -0.322. The molecule has 0 N–H and O–H groups in total. The first-order valence-corrected chi connectivity index (χ1v) is 10.9. The first kappa shape index (κ1) is 22.6. The maximum absolute atomic E-state index is 13.4. The van der Waals surface area contributed by atoms with E-state index in [0.29, 0.717) is 48.5 Å². The largest absolute Gasteiger partial charge is 0.356 e. The standard InChI is InChI=1S/C23H25FN4O3.ClH/c1-14-17(23(30)28-9-2-3-19(29)22(28)25-14)8-12-27-10-6-15(7-11-27)21-18-5-4-16(24)13-20(18)31-26-21;/h4-5,13,15H,2-3,6-12H2,1H3;1H. The Labute approximate surface area is 191 Å². The first-order valence-electron chi connectivity index (χ1n) is 10.9. The highest BCUT2D eigenvalue weighted by molar-refractivity contribution is 5.93. The zero-order chi connectivity index (χ0) is 21.5. The predicted octanol–water partition coefficient (Wildman–Crippen LogP) is 3.65. The van der Waals surface area contributed by atoms with Crippen LogP contribution in [0.3, 0.4) is 0 Å². The molecule has 1 saturated heterocycles. The number of ketones is 1. The number of Topliss-reactive ketones (excluding diaryl/α,β-unsaturated/α-hetero) is 1. The van der Waals surface area contributed by atoms with E-state index in [9.17, 15) is 14.0 Å². The Morgan fingerprint density at radius 2 is 1.97 bits per heavy atom. The van der Waals surface area contributed by atoms with Crippen molar-refractivity contribution in [1.29, 1.82) is 0 Å². The summed E-state index contributed by atoms with van der Waals surface area (Å²) in [6.45, 7) is 4.97. The second-order valence-electron chi connectivity index (χ2n) is 8.56. The summed E-state index contributed by atoms with van der Waals surface area (Å²) in [6.07, 6.45) is 3.67. The van der Waals surface area contributed by atoms with E-state index in [-0.39, 0.29) is 35.5 Å². The fraction of sp³-hybridized carbons (Fsp3) is 0.478. The number of hydrogen-bond acceptors (Lipinski definition) is 6. The van der Waals surface area contributed by atoms with Crippen LogP contribution in [0.5, 0.6) is 0 Å². The van der Waals surface area contributed by atoms with Crippen molar-refractivity contribution in [2.75, 3.05) is 19.6 Å². The van der Waals surface area contributed by atoms with Crippen molar-refractivity contribution in [2.45, 2.75) is 51.5 Å². The third-order valence-electron chi connectivity index (χ3n) is 6.62. The van der Waals surface area contributed by atoms with Crippen LogP contribution in [0.15, 0.2) is 27.5 Å². The molecule has 0 aliphatic carbocycles. The van der Waals surface area contributed by atoms with E-state index in [4.69, 9.17) is 4.52 Å². The van der Waals surface area contributed by atoms with E-state index in [1.807, 2.05) is 6.92 Å². The van der Waals surface area contributed by atoms with Crippen molar-refractivity contribution < 1.29 is 13.7 Å². The van der Waals surface area contributed by atoms with Gasteiger partial charge in [0.05, 0.1) is 5.69 Å². The first-order chi connectivity index (χ1) is 15.0. The molecule has 0 radical (unpaired) electrons. The van der Waals surface area contributed by atoms with Crippen LogP contribution in [0, 0.1) is 12.7 Å². The van der Waals surface area contributed by atoms with Gasteiger partial charge in [-0.05, 0) is 57.8 Å². The maximum Gasteiger partial charge on any atom is 0.257 e. The van der Waals surface area contributed by atoms with Gasteiger partial charge in [0.25, 0.3) is 5.56 Å². The van der Waals surface area contributed by atoms with Gasteiger partial charge in [-0.3, -0.25) is 14.2 Å². The van der Waals surface area contributed by atoms with Gasteiger partial charge in [-0.15, -0.1) is 12.4 Å². The zero-order valence-corrected chi connectivity index (χ0v) is 18.8. The smallest absolute Gasteiger partial charge is 0.257 e. The molecule has 0 atom stereocenters. The van der Waals surface area contributed by atoms with E-state index >= 15 is 0 Å². The molecule has 0 spiro atoms. The number of carbonyl (C=O) groups is 1. The maximum atomic E-state index is 13.4. The molecule has 0 bridgehead atoms. The zero-order valence-electron chi connectivity index (χ0n) is 18.0. The van der Waals surface area contributed by atoms with Crippen LogP contribution in [0.4, 0.5) is 4.39 Å². The van der Waals surface area contributed by atoms with Gasteiger partial charge < -0.3 is 9.42 Å². The van der Waals surface area contributed by atoms with Gasteiger partial charge in [0.15, 0.2) is 17.2 Å². The van der Waals surface area contributed by atoms with Crippen molar-refractivity contribution in [1.82, 2.24) is 19.6 Å². The second kappa shape index (κ2) is 9.11. The van der Waals surface area contributed by atoms with Crippen molar-refractivity contribution in [2.24, 2.45) is 0 Å². The predicted molar refractivity (Wildman–Crippen MR) is 120 cm³/mol. The minimum absolute atomic E-state index is 0. The lowest BCUT2D eigenvalue weighted by Crippen LogP contribution is -2.38. The number of nitrogens with zero attached hydrogens (tertiary/aromatic N) is 4. The van der Waals surface area contributed by atoms with Crippen molar-refractivity contribution in [3.8, 4) is 0 Å². The van der Waals surface area contributed by atoms with Gasteiger partial charge in [0.2, 0.25) is 0 Å². The van der Waals surface area contributed by atoms with E-state index in [0.717, 1.165) is 43.6 Å². The Kier molecular flexibility index (Phi) is 6.44. The molecule has 4 heterocycles. The molecule has 3 aromatic rings. The van der Waals surface area contributed by atoms with Gasteiger partial charge in [-0.2, -0.15) is 0 Å². The number of rotatable bonds is 4. The SMILES string of the molecule is Cc1nc2n(c(=O)c1CCN1CCC(c3noc4cc(F)ccc34)CC1)CCCC2=O.Cl. The quantitative estimate of drug-likeness (QED) is 0.591. The number of likely N-dealkylation sites (tertiary alicyclic amines) is 1. The van der Waals surface area contributed by atoms with E-state index in [1.54, 1.807) is 10.6 Å². The van der Waals surface area contributed by atoms with Crippen LogP contribution in [0.2, 0.25) is 0 Å².